The molecule has 0 unspecified atom stereocenters. The highest BCUT2D eigenvalue weighted by atomic mass is 35.5. The first-order valence-electron chi connectivity index (χ1n) is 5.87. The highest BCUT2D eigenvalue weighted by Gasteiger charge is 2.14. The van der Waals surface area contributed by atoms with Crippen LogP contribution in [0, 0.1) is 0 Å². The van der Waals surface area contributed by atoms with E-state index in [1.165, 1.54) is 0 Å². The summed E-state index contributed by atoms with van der Waals surface area (Å²) in [5.74, 6) is 0.287. The average Bonchev–Trinajstić information content (AvgIpc) is 2.87. The number of oxime groups is 1. The van der Waals surface area contributed by atoms with Crippen molar-refractivity contribution in [2.75, 3.05) is 0 Å². The largest absolute Gasteiger partial charge is 0.409 e. The van der Waals surface area contributed by atoms with E-state index in [0.29, 0.717) is 22.2 Å². The van der Waals surface area contributed by atoms with Gasteiger partial charge in [-0.15, -0.1) is 0 Å². The topological polar surface area (TPSA) is 76.4 Å². The SMILES string of the molecule is CC(C)c1ccn(-c2cccc(Cl)c2C(N)=NO)n1. The second kappa shape index (κ2) is 5.32. The van der Waals surface area contributed by atoms with Gasteiger partial charge >= 0.3 is 0 Å². The zero-order valence-electron chi connectivity index (χ0n) is 10.7. The molecular weight excluding hydrogens is 264 g/mol. The van der Waals surface area contributed by atoms with Gasteiger partial charge in [-0.05, 0) is 24.1 Å². The quantitative estimate of drug-likeness (QED) is 0.392. The molecule has 0 aliphatic carbocycles. The van der Waals surface area contributed by atoms with Gasteiger partial charge < -0.3 is 10.9 Å². The molecule has 0 bridgehead atoms. The van der Waals surface area contributed by atoms with Crippen molar-refractivity contribution in [3.63, 3.8) is 0 Å². The minimum absolute atomic E-state index is 0.0396. The summed E-state index contributed by atoms with van der Waals surface area (Å²) in [6.45, 7) is 4.13. The number of aromatic nitrogens is 2. The van der Waals surface area contributed by atoms with Crippen molar-refractivity contribution in [2.45, 2.75) is 19.8 Å². The molecular formula is C13H15ClN4O. The summed E-state index contributed by atoms with van der Waals surface area (Å²) in [4.78, 5) is 0. The van der Waals surface area contributed by atoms with Crippen LogP contribution in [0.1, 0.15) is 31.0 Å². The van der Waals surface area contributed by atoms with E-state index in [-0.39, 0.29) is 5.84 Å². The Kier molecular flexibility index (Phi) is 3.76. The minimum atomic E-state index is -0.0396. The van der Waals surface area contributed by atoms with Crippen molar-refractivity contribution in [3.05, 3.63) is 46.7 Å². The molecule has 2 aromatic rings. The van der Waals surface area contributed by atoms with Crippen LogP contribution in [0.2, 0.25) is 5.02 Å². The van der Waals surface area contributed by atoms with E-state index in [0.717, 1.165) is 5.69 Å². The normalized spacial score (nSPS) is 12.1. The highest BCUT2D eigenvalue weighted by Crippen LogP contribution is 2.23. The Morgan fingerprint density at radius 1 is 1.42 bits per heavy atom. The Balaban J connectivity index is 2.58. The fourth-order valence-corrected chi connectivity index (χ4v) is 2.05. The van der Waals surface area contributed by atoms with Crippen molar-refractivity contribution >= 4 is 17.4 Å². The van der Waals surface area contributed by atoms with Crippen LogP contribution in [0.15, 0.2) is 35.6 Å². The van der Waals surface area contributed by atoms with Gasteiger partial charge in [-0.3, -0.25) is 0 Å². The predicted octanol–water partition coefficient (Wildman–Crippen LogP) is 2.74. The van der Waals surface area contributed by atoms with Gasteiger partial charge in [-0.1, -0.05) is 36.7 Å². The fourth-order valence-electron chi connectivity index (χ4n) is 1.79. The van der Waals surface area contributed by atoms with E-state index in [4.69, 9.17) is 22.5 Å². The predicted molar refractivity (Wildman–Crippen MR) is 75.2 cm³/mol. The molecule has 1 heterocycles. The van der Waals surface area contributed by atoms with E-state index in [2.05, 4.69) is 24.1 Å². The number of rotatable bonds is 3. The molecule has 3 N–H and O–H groups in total. The standard InChI is InChI=1S/C13H15ClN4O/c1-8(2)10-6-7-18(16-10)11-5-3-4-9(14)12(11)13(15)17-19/h3-8,19H,1-2H3,(H2,15,17). The zero-order chi connectivity index (χ0) is 14.0. The molecule has 1 aromatic carbocycles. The van der Waals surface area contributed by atoms with Crippen LogP contribution in [-0.2, 0) is 0 Å². The molecule has 0 aliphatic heterocycles. The molecule has 19 heavy (non-hydrogen) atoms. The first-order valence-corrected chi connectivity index (χ1v) is 6.24. The minimum Gasteiger partial charge on any atom is -0.409 e. The van der Waals surface area contributed by atoms with Crippen LogP contribution >= 0.6 is 11.6 Å². The van der Waals surface area contributed by atoms with Gasteiger partial charge in [0.2, 0.25) is 0 Å². The van der Waals surface area contributed by atoms with Crippen molar-refractivity contribution in [3.8, 4) is 5.69 Å². The van der Waals surface area contributed by atoms with E-state index >= 15 is 0 Å². The number of halogens is 1. The molecule has 0 fully saturated rings. The fraction of sp³-hybridized carbons (Fsp3) is 0.231. The molecule has 0 saturated carbocycles. The second-order valence-electron chi connectivity index (χ2n) is 4.46. The zero-order valence-corrected chi connectivity index (χ0v) is 11.5. The van der Waals surface area contributed by atoms with Gasteiger partial charge in [0.05, 0.1) is 22.0 Å². The molecule has 1 aromatic heterocycles. The molecule has 2 rings (SSSR count). The average molecular weight is 279 g/mol. The van der Waals surface area contributed by atoms with Crippen LogP contribution in [0.5, 0.6) is 0 Å². The maximum Gasteiger partial charge on any atom is 0.173 e. The summed E-state index contributed by atoms with van der Waals surface area (Å²) in [7, 11) is 0. The van der Waals surface area contributed by atoms with Gasteiger partial charge in [0.25, 0.3) is 0 Å². The number of hydrogen-bond acceptors (Lipinski definition) is 3. The first-order chi connectivity index (χ1) is 9.04. The Morgan fingerprint density at radius 3 is 2.74 bits per heavy atom. The number of benzene rings is 1. The monoisotopic (exact) mass is 278 g/mol. The summed E-state index contributed by atoms with van der Waals surface area (Å²) in [5, 5.41) is 16.7. The van der Waals surface area contributed by atoms with E-state index in [1.807, 2.05) is 18.3 Å². The Bertz CT molecular complexity index is 619. The van der Waals surface area contributed by atoms with Crippen molar-refractivity contribution in [1.29, 1.82) is 0 Å². The van der Waals surface area contributed by atoms with Crippen LogP contribution in [-0.4, -0.2) is 20.8 Å². The maximum atomic E-state index is 8.85. The molecule has 0 amide bonds. The van der Waals surface area contributed by atoms with Gasteiger partial charge in [0, 0.05) is 6.20 Å². The Labute approximate surface area is 116 Å². The summed E-state index contributed by atoms with van der Waals surface area (Å²) in [6, 6.07) is 7.23. The van der Waals surface area contributed by atoms with Crippen LogP contribution in [0.4, 0.5) is 0 Å². The Hall–Kier alpha value is -2.01. The molecule has 0 spiro atoms. The van der Waals surface area contributed by atoms with Crippen LogP contribution < -0.4 is 5.73 Å². The maximum absolute atomic E-state index is 8.85. The summed E-state index contributed by atoms with van der Waals surface area (Å²) in [5.41, 5.74) is 7.78. The molecule has 100 valence electrons. The summed E-state index contributed by atoms with van der Waals surface area (Å²) < 4.78 is 1.68. The third-order valence-corrected chi connectivity index (χ3v) is 3.12. The summed E-state index contributed by atoms with van der Waals surface area (Å²) in [6.07, 6.45) is 1.83. The second-order valence-corrected chi connectivity index (χ2v) is 4.87. The molecule has 0 atom stereocenters. The van der Waals surface area contributed by atoms with E-state index in [9.17, 15) is 0 Å². The number of amidine groups is 1. The van der Waals surface area contributed by atoms with Gasteiger partial charge in [0.15, 0.2) is 5.84 Å². The lowest BCUT2D eigenvalue weighted by Gasteiger charge is -2.10. The first kappa shape index (κ1) is 13.4. The molecule has 0 radical (unpaired) electrons. The number of nitrogens with zero attached hydrogens (tertiary/aromatic N) is 3. The third kappa shape index (κ3) is 2.56. The van der Waals surface area contributed by atoms with Crippen molar-refractivity contribution < 1.29 is 5.21 Å². The Morgan fingerprint density at radius 2 is 2.16 bits per heavy atom. The lowest BCUT2D eigenvalue weighted by atomic mass is 10.1. The van der Waals surface area contributed by atoms with Gasteiger partial charge in [0.1, 0.15) is 0 Å². The molecule has 0 aliphatic rings. The van der Waals surface area contributed by atoms with Gasteiger partial charge in [-0.2, -0.15) is 5.10 Å². The number of hydrogen-bond donors (Lipinski definition) is 2. The molecule has 0 saturated heterocycles. The third-order valence-electron chi connectivity index (χ3n) is 2.80. The highest BCUT2D eigenvalue weighted by molar-refractivity contribution is 6.34. The lowest BCUT2D eigenvalue weighted by molar-refractivity contribution is 0.318. The number of nitrogens with two attached hydrogens (primary N) is 1. The van der Waals surface area contributed by atoms with Crippen molar-refractivity contribution in [2.24, 2.45) is 10.9 Å². The van der Waals surface area contributed by atoms with Crippen molar-refractivity contribution in [1.82, 2.24) is 9.78 Å². The van der Waals surface area contributed by atoms with Crippen LogP contribution in [0.25, 0.3) is 5.69 Å². The van der Waals surface area contributed by atoms with Gasteiger partial charge in [-0.25, -0.2) is 4.68 Å². The molecule has 6 heteroatoms. The van der Waals surface area contributed by atoms with E-state index in [1.54, 1.807) is 16.8 Å². The molecule has 5 nitrogen and oxygen atoms in total. The smallest absolute Gasteiger partial charge is 0.173 e. The van der Waals surface area contributed by atoms with Crippen LogP contribution in [0.3, 0.4) is 0 Å². The van der Waals surface area contributed by atoms with E-state index < -0.39 is 0 Å². The summed E-state index contributed by atoms with van der Waals surface area (Å²) >= 11 is 6.11. The lowest BCUT2D eigenvalue weighted by Crippen LogP contribution is -2.17.